The highest BCUT2D eigenvalue weighted by Gasteiger charge is 2.19. The molecule has 108 valence electrons. The normalized spacial score (nSPS) is 12.4. The molecule has 0 radical (unpaired) electrons. The first-order valence-electron chi connectivity index (χ1n) is 7.20. The monoisotopic (exact) mass is 258 g/mol. The summed E-state index contributed by atoms with van der Waals surface area (Å²) in [6, 6.07) is -0.516. The number of hydrogen-bond donors (Lipinski definition) is 1. The molecule has 0 aliphatic carbocycles. The maximum absolute atomic E-state index is 12.1. The highest BCUT2D eigenvalue weighted by molar-refractivity contribution is 5.81. The van der Waals surface area contributed by atoms with Gasteiger partial charge in [-0.3, -0.25) is 4.79 Å². The third-order valence-corrected chi connectivity index (χ3v) is 3.04. The van der Waals surface area contributed by atoms with Crippen molar-refractivity contribution < 1.29 is 9.53 Å². The largest absolute Gasteiger partial charge is 0.383 e. The van der Waals surface area contributed by atoms with E-state index in [1.807, 2.05) is 4.90 Å². The third kappa shape index (κ3) is 7.67. The smallest absolute Gasteiger partial charge is 0.241 e. The highest BCUT2D eigenvalue weighted by atomic mass is 16.5. The van der Waals surface area contributed by atoms with Crippen molar-refractivity contribution in [3.8, 4) is 0 Å². The number of methoxy groups -OCH3 is 1. The van der Waals surface area contributed by atoms with Gasteiger partial charge in [-0.05, 0) is 12.8 Å². The van der Waals surface area contributed by atoms with Crippen molar-refractivity contribution in [1.29, 1.82) is 0 Å². The molecule has 1 atom stereocenters. The zero-order chi connectivity index (χ0) is 13.8. The van der Waals surface area contributed by atoms with Gasteiger partial charge in [-0.1, -0.05) is 39.5 Å². The molecule has 2 N–H and O–H groups in total. The Bertz CT molecular complexity index is 200. The number of nitrogens with zero attached hydrogens (tertiary/aromatic N) is 1. The van der Waals surface area contributed by atoms with Gasteiger partial charge in [0.2, 0.25) is 5.91 Å². The van der Waals surface area contributed by atoms with Crippen molar-refractivity contribution in [1.82, 2.24) is 4.90 Å². The van der Waals surface area contributed by atoms with Gasteiger partial charge in [-0.25, -0.2) is 0 Å². The summed E-state index contributed by atoms with van der Waals surface area (Å²) in [7, 11) is 1.58. The maximum atomic E-state index is 12.1. The van der Waals surface area contributed by atoms with Crippen LogP contribution >= 0.6 is 0 Å². The van der Waals surface area contributed by atoms with Crippen LogP contribution < -0.4 is 5.73 Å². The predicted octanol–water partition coefficient (Wildman–Crippen LogP) is 2.17. The lowest BCUT2D eigenvalue weighted by molar-refractivity contribution is -0.134. The molecule has 0 saturated heterocycles. The first kappa shape index (κ1) is 17.4. The van der Waals surface area contributed by atoms with Crippen LogP contribution in [0, 0.1) is 0 Å². The lowest BCUT2D eigenvalue weighted by Crippen LogP contribution is -2.46. The fraction of sp³-hybridized carbons (Fsp3) is 0.929. The minimum absolute atomic E-state index is 0.0315. The molecule has 0 aliphatic rings. The van der Waals surface area contributed by atoms with Crippen LogP contribution in [0.3, 0.4) is 0 Å². The zero-order valence-corrected chi connectivity index (χ0v) is 12.3. The average molecular weight is 258 g/mol. The van der Waals surface area contributed by atoms with Crippen LogP contribution in [0.25, 0.3) is 0 Å². The first-order chi connectivity index (χ1) is 8.67. The summed E-state index contributed by atoms with van der Waals surface area (Å²) in [6.45, 7) is 6.29. The van der Waals surface area contributed by atoms with Gasteiger partial charge in [0, 0.05) is 20.2 Å². The number of rotatable bonds is 11. The van der Waals surface area contributed by atoms with Crippen LogP contribution in [0.1, 0.15) is 52.4 Å². The Hall–Kier alpha value is -0.610. The zero-order valence-electron chi connectivity index (χ0n) is 12.3. The molecule has 0 aromatic carbocycles. The molecule has 0 spiro atoms. The fourth-order valence-electron chi connectivity index (χ4n) is 1.92. The Labute approximate surface area is 112 Å². The summed E-state index contributed by atoms with van der Waals surface area (Å²) in [4.78, 5) is 14.1. The second-order valence-electron chi connectivity index (χ2n) is 4.80. The van der Waals surface area contributed by atoms with Crippen LogP contribution in [-0.2, 0) is 9.53 Å². The van der Waals surface area contributed by atoms with Crippen molar-refractivity contribution in [2.75, 3.05) is 26.8 Å². The number of carbonyl (C=O) groups excluding carboxylic acids is 1. The molecule has 0 bridgehead atoms. The number of nitrogens with two attached hydrogens (primary N) is 1. The van der Waals surface area contributed by atoms with Crippen molar-refractivity contribution in [2.45, 2.75) is 58.4 Å². The van der Waals surface area contributed by atoms with Crippen LogP contribution in [0.4, 0.5) is 0 Å². The Balaban J connectivity index is 4.19. The van der Waals surface area contributed by atoms with Gasteiger partial charge in [0.1, 0.15) is 6.04 Å². The molecule has 0 saturated carbocycles. The molecule has 0 heterocycles. The van der Waals surface area contributed by atoms with E-state index in [2.05, 4.69) is 13.8 Å². The first-order valence-corrected chi connectivity index (χ1v) is 7.20. The van der Waals surface area contributed by atoms with E-state index in [-0.39, 0.29) is 5.91 Å². The van der Waals surface area contributed by atoms with Crippen molar-refractivity contribution in [2.24, 2.45) is 5.73 Å². The summed E-state index contributed by atoms with van der Waals surface area (Å²) in [6.07, 6.45) is 6.79. The molecule has 0 aliphatic heterocycles. The van der Waals surface area contributed by atoms with Gasteiger partial charge < -0.3 is 15.4 Å². The Morgan fingerprint density at radius 2 is 1.61 bits per heavy atom. The summed E-state index contributed by atoms with van der Waals surface area (Å²) < 4.78 is 4.95. The Kier molecular flexibility index (Phi) is 11.1. The van der Waals surface area contributed by atoms with Crippen LogP contribution in [0.15, 0.2) is 0 Å². The van der Waals surface area contributed by atoms with Crippen molar-refractivity contribution >= 4 is 5.91 Å². The summed E-state index contributed by atoms with van der Waals surface area (Å²) in [5.74, 6) is 0.0315. The molecular weight excluding hydrogens is 228 g/mol. The average Bonchev–Trinajstić information content (AvgIpc) is 2.37. The van der Waals surface area contributed by atoms with E-state index in [1.54, 1.807) is 7.11 Å². The highest BCUT2D eigenvalue weighted by Crippen LogP contribution is 2.04. The van der Waals surface area contributed by atoms with Crippen LogP contribution in [-0.4, -0.2) is 43.7 Å². The molecule has 18 heavy (non-hydrogen) atoms. The molecule has 4 nitrogen and oxygen atoms in total. The number of unbranched alkanes of at least 4 members (excludes halogenated alkanes) is 4. The topological polar surface area (TPSA) is 55.6 Å². The molecule has 0 aromatic rings. The van der Waals surface area contributed by atoms with E-state index in [1.165, 1.54) is 12.8 Å². The Morgan fingerprint density at radius 3 is 2.00 bits per heavy atom. The molecule has 0 fully saturated rings. The van der Waals surface area contributed by atoms with Gasteiger partial charge >= 0.3 is 0 Å². The van der Waals surface area contributed by atoms with Gasteiger partial charge in [0.05, 0.1) is 6.61 Å². The molecular formula is C14H30N2O2. The maximum Gasteiger partial charge on any atom is 0.241 e. The quantitative estimate of drug-likeness (QED) is 0.578. The summed E-state index contributed by atoms with van der Waals surface area (Å²) in [5, 5.41) is 0. The second kappa shape index (κ2) is 11.5. The van der Waals surface area contributed by atoms with Gasteiger partial charge in [-0.15, -0.1) is 0 Å². The molecule has 0 aromatic heterocycles. The molecule has 1 unspecified atom stereocenters. The fourth-order valence-corrected chi connectivity index (χ4v) is 1.92. The van der Waals surface area contributed by atoms with Gasteiger partial charge in [-0.2, -0.15) is 0 Å². The van der Waals surface area contributed by atoms with E-state index >= 15 is 0 Å². The van der Waals surface area contributed by atoms with Gasteiger partial charge in [0.25, 0.3) is 0 Å². The SMILES string of the molecule is CCCCCN(CCCCC)C(=O)C(N)COC. The summed E-state index contributed by atoms with van der Waals surface area (Å²) in [5.41, 5.74) is 5.82. The standard InChI is InChI=1S/C14H30N2O2/c1-4-6-8-10-16(11-9-7-5-2)14(17)13(15)12-18-3/h13H,4-12,15H2,1-3H3. The number of carbonyl (C=O) groups is 1. The lowest BCUT2D eigenvalue weighted by atomic mass is 10.2. The molecule has 0 rings (SSSR count). The van der Waals surface area contributed by atoms with Gasteiger partial charge in [0.15, 0.2) is 0 Å². The number of amides is 1. The third-order valence-electron chi connectivity index (χ3n) is 3.04. The number of hydrogen-bond acceptors (Lipinski definition) is 3. The minimum Gasteiger partial charge on any atom is -0.383 e. The van der Waals surface area contributed by atoms with E-state index in [0.29, 0.717) is 6.61 Å². The molecule has 4 heteroatoms. The van der Waals surface area contributed by atoms with E-state index in [9.17, 15) is 4.79 Å². The molecule has 1 amide bonds. The minimum atomic E-state index is -0.516. The van der Waals surface area contributed by atoms with E-state index in [4.69, 9.17) is 10.5 Å². The van der Waals surface area contributed by atoms with Crippen LogP contribution in [0.2, 0.25) is 0 Å². The van der Waals surface area contributed by atoms with Crippen molar-refractivity contribution in [3.63, 3.8) is 0 Å². The lowest BCUT2D eigenvalue weighted by Gasteiger charge is -2.25. The summed E-state index contributed by atoms with van der Waals surface area (Å²) >= 11 is 0. The Morgan fingerprint density at radius 1 is 1.11 bits per heavy atom. The number of ether oxygens (including phenoxy) is 1. The second-order valence-corrected chi connectivity index (χ2v) is 4.80. The van der Waals surface area contributed by atoms with E-state index < -0.39 is 6.04 Å². The van der Waals surface area contributed by atoms with E-state index in [0.717, 1.165) is 38.8 Å². The van der Waals surface area contributed by atoms with Crippen molar-refractivity contribution in [3.05, 3.63) is 0 Å². The van der Waals surface area contributed by atoms with Crippen LogP contribution in [0.5, 0.6) is 0 Å². The predicted molar refractivity (Wildman–Crippen MR) is 75.5 cm³/mol.